The number of sulfonamides is 1. The third-order valence-electron chi connectivity index (χ3n) is 1.64. The molecule has 0 aliphatic rings. The summed E-state index contributed by atoms with van der Waals surface area (Å²) in [7, 11) is -3.84. The van der Waals surface area contributed by atoms with Gasteiger partial charge in [-0.05, 0) is 34.1 Å². The van der Waals surface area contributed by atoms with Crippen LogP contribution in [0.2, 0.25) is 0 Å². The number of nitrogens with two attached hydrogens (primary N) is 1. The van der Waals surface area contributed by atoms with Crippen molar-refractivity contribution in [2.45, 2.75) is 4.90 Å². The third kappa shape index (κ3) is 3.26. The first-order valence-corrected chi connectivity index (χ1v) is 6.33. The molecular weight excluding hydrogens is 303 g/mol. The first-order valence-electron chi connectivity index (χ1n) is 4.06. The number of amides is 1. The van der Waals surface area contributed by atoms with Gasteiger partial charge in [-0.1, -0.05) is 0 Å². The number of nitrogens with one attached hydrogen (secondary N) is 1. The normalized spacial score (nSPS) is 11.4. The average molecular weight is 311 g/mol. The highest BCUT2D eigenvalue weighted by molar-refractivity contribution is 9.10. The van der Waals surface area contributed by atoms with E-state index in [1.807, 2.05) is 4.72 Å². The van der Waals surface area contributed by atoms with Gasteiger partial charge in [0.25, 0.3) is 0 Å². The smallest absolute Gasteiger partial charge is 0.241 e. The summed E-state index contributed by atoms with van der Waals surface area (Å²) >= 11 is 2.86. The van der Waals surface area contributed by atoms with Crippen LogP contribution in [0.15, 0.2) is 27.6 Å². The topological polar surface area (TPSA) is 89.3 Å². The van der Waals surface area contributed by atoms with E-state index in [1.165, 1.54) is 0 Å². The molecule has 0 aliphatic heterocycles. The van der Waals surface area contributed by atoms with Crippen LogP contribution in [0.5, 0.6) is 0 Å². The van der Waals surface area contributed by atoms with E-state index in [1.54, 1.807) is 0 Å². The van der Waals surface area contributed by atoms with Gasteiger partial charge in [0.1, 0.15) is 5.82 Å². The average Bonchev–Trinajstić information content (AvgIpc) is 2.19. The molecule has 8 heteroatoms. The van der Waals surface area contributed by atoms with E-state index in [0.717, 1.165) is 18.2 Å². The van der Waals surface area contributed by atoms with Crippen LogP contribution in [0, 0.1) is 5.82 Å². The SMILES string of the molecule is NC(=O)CNS(=O)(=O)c1ccc(F)c(Br)c1. The number of benzene rings is 1. The van der Waals surface area contributed by atoms with E-state index in [2.05, 4.69) is 15.9 Å². The summed E-state index contributed by atoms with van der Waals surface area (Å²) in [4.78, 5) is 10.3. The molecule has 3 N–H and O–H groups in total. The van der Waals surface area contributed by atoms with Gasteiger partial charge >= 0.3 is 0 Å². The first kappa shape index (κ1) is 13.1. The highest BCUT2D eigenvalue weighted by atomic mass is 79.9. The number of hydrogen-bond acceptors (Lipinski definition) is 3. The minimum atomic E-state index is -3.84. The second-order valence-corrected chi connectivity index (χ2v) is 5.49. The molecular formula is C8H8BrFN2O3S. The molecule has 5 nitrogen and oxygen atoms in total. The van der Waals surface area contributed by atoms with Crippen molar-refractivity contribution in [3.8, 4) is 0 Å². The Morgan fingerprint density at radius 1 is 1.50 bits per heavy atom. The van der Waals surface area contributed by atoms with E-state index < -0.39 is 28.3 Å². The van der Waals surface area contributed by atoms with Gasteiger partial charge in [0.05, 0.1) is 15.9 Å². The summed E-state index contributed by atoms with van der Waals surface area (Å²) in [6, 6.07) is 3.19. The number of carbonyl (C=O) groups excluding carboxylic acids is 1. The van der Waals surface area contributed by atoms with Crippen molar-refractivity contribution < 1.29 is 17.6 Å². The predicted molar refractivity (Wildman–Crippen MR) is 58.5 cm³/mol. The van der Waals surface area contributed by atoms with E-state index in [-0.39, 0.29) is 9.37 Å². The Morgan fingerprint density at radius 3 is 2.62 bits per heavy atom. The molecule has 1 aromatic rings. The summed E-state index contributed by atoms with van der Waals surface area (Å²) < 4.78 is 37.9. The molecule has 0 saturated carbocycles. The lowest BCUT2D eigenvalue weighted by Crippen LogP contribution is -2.33. The molecule has 1 rings (SSSR count). The zero-order chi connectivity index (χ0) is 12.3. The van der Waals surface area contributed by atoms with Gasteiger partial charge in [0.15, 0.2) is 0 Å². The van der Waals surface area contributed by atoms with Gasteiger partial charge < -0.3 is 5.73 Å². The fraction of sp³-hybridized carbons (Fsp3) is 0.125. The molecule has 0 heterocycles. The first-order chi connectivity index (χ1) is 7.33. The summed E-state index contributed by atoms with van der Waals surface area (Å²) in [6.07, 6.45) is 0. The van der Waals surface area contributed by atoms with Gasteiger partial charge in [0.2, 0.25) is 15.9 Å². The molecule has 0 saturated heterocycles. The Kier molecular flexibility index (Phi) is 4.00. The lowest BCUT2D eigenvalue weighted by atomic mass is 10.3. The fourth-order valence-corrected chi connectivity index (χ4v) is 2.44. The van der Waals surface area contributed by atoms with Crippen LogP contribution in [0.3, 0.4) is 0 Å². The summed E-state index contributed by atoms with van der Waals surface area (Å²) in [5.74, 6) is -1.38. The standard InChI is InChI=1S/C8H8BrFN2O3S/c9-6-3-5(1-2-7(6)10)16(14,15)12-4-8(11)13/h1-3,12H,4H2,(H2,11,13). The molecule has 0 atom stereocenters. The van der Waals surface area contributed by atoms with Gasteiger partial charge in [-0.15, -0.1) is 0 Å². The van der Waals surface area contributed by atoms with Crippen molar-refractivity contribution in [2.24, 2.45) is 5.73 Å². The van der Waals surface area contributed by atoms with Gasteiger partial charge in [-0.2, -0.15) is 0 Å². The number of rotatable bonds is 4. The van der Waals surface area contributed by atoms with E-state index in [9.17, 15) is 17.6 Å². The Morgan fingerprint density at radius 2 is 2.12 bits per heavy atom. The molecule has 0 bridgehead atoms. The van der Waals surface area contributed by atoms with Gasteiger partial charge in [-0.25, -0.2) is 17.5 Å². The lowest BCUT2D eigenvalue weighted by molar-refractivity contribution is -0.116. The number of halogens is 2. The van der Waals surface area contributed by atoms with Gasteiger partial charge in [-0.3, -0.25) is 4.79 Å². The molecule has 0 unspecified atom stereocenters. The van der Waals surface area contributed by atoms with Crippen LogP contribution in [0.4, 0.5) is 4.39 Å². The van der Waals surface area contributed by atoms with Crippen LogP contribution >= 0.6 is 15.9 Å². The Hall–Kier alpha value is -0.990. The zero-order valence-electron chi connectivity index (χ0n) is 7.91. The second-order valence-electron chi connectivity index (χ2n) is 2.87. The van der Waals surface area contributed by atoms with E-state index in [4.69, 9.17) is 5.73 Å². The minimum Gasteiger partial charge on any atom is -0.369 e. The van der Waals surface area contributed by atoms with Crippen molar-refractivity contribution in [1.82, 2.24) is 4.72 Å². The number of hydrogen-bond donors (Lipinski definition) is 2. The van der Waals surface area contributed by atoms with Crippen molar-refractivity contribution in [3.63, 3.8) is 0 Å². The molecule has 16 heavy (non-hydrogen) atoms. The van der Waals surface area contributed by atoms with Crippen LogP contribution in [0.1, 0.15) is 0 Å². The van der Waals surface area contributed by atoms with Crippen molar-refractivity contribution >= 4 is 31.9 Å². The monoisotopic (exact) mass is 310 g/mol. The summed E-state index contributed by atoms with van der Waals surface area (Å²) in [6.45, 7) is -0.503. The Bertz CT molecular complexity index is 518. The molecule has 0 aliphatic carbocycles. The van der Waals surface area contributed by atoms with Crippen molar-refractivity contribution in [3.05, 3.63) is 28.5 Å². The minimum absolute atomic E-state index is 0.0226. The van der Waals surface area contributed by atoms with Crippen LogP contribution in [0.25, 0.3) is 0 Å². The van der Waals surface area contributed by atoms with E-state index >= 15 is 0 Å². The molecule has 88 valence electrons. The summed E-state index contributed by atoms with van der Waals surface area (Å²) in [5.41, 5.74) is 4.80. The highest BCUT2D eigenvalue weighted by Crippen LogP contribution is 2.19. The van der Waals surface area contributed by atoms with Crippen LogP contribution < -0.4 is 10.5 Å². The Labute approximate surface area is 100 Å². The third-order valence-corrected chi connectivity index (χ3v) is 3.64. The maximum atomic E-state index is 12.9. The molecule has 0 fully saturated rings. The predicted octanol–water partition coefficient (Wildman–Crippen LogP) is 0.352. The molecule has 1 amide bonds. The summed E-state index contributed by atoms with van der Waals surface area (Å²) in [5, 5.41) is 0. The maximum Gasteiger partial charge on any atom is 0.241 e. The second kappa shape index (κ2) is 4.89. The van der Waals surface area contributed by atoms with Crippen molar-refractivity contribution in [1.29, 1.82) is 0 Å². The highest BCUT2D eigenvalue weighted by Gasteiger charge is 2.15. The zero-order valence-corrected chi connectivity index (χ0v) is 10.3. The molecule has 0 radical (unpaired) electrons. The fourth-order valence-electron chi connectivity index (χ4n) is 0.893. The van der Waals surface area contributed by atoms with E-state index in [0.29, 0.717) is 0 Å². The quantitative estimate of drug-likeness (QED) is 0.841. The molecule has 1 aromatic carbocycles. The number of primary amides is 1. The lowest BCUT2D eigenvalue weighted by Gasteiger charge is -2.05. The van der Waals surface area contributed by atoms with Crippen LogP contribution in [-0.2, 0) is 14.8 Å². The van der Waals surface area contributed by atoms with Gasteiger partial charge in [0, 0.05) is 0 Å². The Balaban J connectivity index is 2.99. The molecule has 0 spiro atoms. The van der Waals surface area contributed by atoms with Crippen molar-refractivity contribution in [2.75, 3.05) is 6.54 Å². The number of carbonyl (C=O) groups is 1. The molecule has 0 aromatic heterocycles. The maximum absolute atomic E-state index is 12.9. The van der Waals surface area contributed by atoms with Crippen LogP contribution in [-0.4, -0.2) is 20.9 Å². The largest absolute Gasteiger partial charge is 0.369 e.